The molecule has 0 unspecified atom stereocenters. The van der Waals surface area contributed by atoms with E-state index in [2.05, 4.69) is 5.32 Å². The minimum atomic E-state index is -4.23. The summed E-state index contributed by atoms with van der Waals surface area (Å²) in [5.74, 6) is -1.47. The number of carbonyl (C=O) groups is 2. The third kappa shape index (κ3) is 8.50. The molecule has 1 fully saturated rings. The zero-order chi connectivity index (χ0) is 34.3. The van der Waals surface area contributed by atoms with E-state index in [9.17, 15) is 18.0 Å². The van der Waals surface area contributed by atoms with Crippen molar-refractivity contribution in [3.63, 3.8) is 0 Å². The van der Waals surface area contributed by atoms with Crippen molar-refractivity contribution in [3.05, 3.63) is 131 Å². The highest BCUT2D eigenvalue weighted by Gasteiger charge is 2.36. The fourth-order valence-corrected chi connectivity index (χ4v) is 7.56. The van der Waals surface area contributed by atoms with Crippen molar-refractivity contribution in [1.29, 1.82) is 0 Å². The number of aryl methyl sites for hydroxylation is 3. The van der Waals surface area contributed by atoms with Gasteiger partial charge in [-0.05, 0) is 80.6 Å². The number of rotatable bonds is 12. The standard InChI is InChI=1S/C39H44FN3O4S/c1-28-18-22-35(23-19-28)48(46,47)43(34-21-20-29(2)30(3)24-34)27-38(44)42(26-32-14-10-11-17-36(32)40)37(25-31-12-6-4-7-13-31)39(45)41-33-15-8-5-9-16-33/h4,6-7,10-14,17-24,33,37H,5,8-9,15-16,25-27H2,1-3H3,(H,41,45)/t37-/m1/s1. The van der Waals surface area contributed by atoms with Crippen molar-refractivity contribution in [3.8, 4) is 0 Å². The molecule has 0 bridgehead atoms. The molecule has 1 N–H and O–H groups in total. The Morgan fingerprint density at radius 3 is 2.17 bits per heavy atom. The number of anilines is 1. The maximum Gasteiger partial charge on any atom is 0.264 e. The van der Waals surface area contributed by atoms with E-state index in [1.165, 1.54) is 23.1 Å². The number of carbonyl (C=O) groups excluding carboxylic acids is 2. The first kappa shape index (κ1) is 34.8. The normalized spacial score (nSPS) is 14.2. The largest absolute Gasteiger partial charge is 0.352 e. The first-order valence-corrected chi connectivity index (χ1v) is 18.0. The molecule has 1 saturated carbocycles. The second-order valence-corrected chi connectivity index (χ2v) is 14.6. The molecule has 4 aromatic carbocycles. The molecule has 48 heavy (non-hydrogen) atoms. The summed E-state index contributed by atoms with van der Waals surface area (Å²) in [5, 5.41) is 3.18. The summed E-state index contributed by atoms with van der Waals surface area (Å²) in [6, 6.07) is 26.2. The Kier molecular flexibility index (Phi) is 11.3. The van der Waals surface area contributed by atoms with E-state index in [1.54, 1.807) is 42.5 Å². The minimum absolute atomic E-state index is 0.0242. The molecule has 1 aliphatic carbocycles. The van der Waals surface area contributed by atoms with Crippen LogP contribution in [0.5, 0.6) is 0 Å². The molecule has 9 heteroatoms. The molecule has 7 nitrogen and oxygen atoms in total. The molecule has 0 aromatic heterocycles. The van der Waals surface area contributed by atoms with Crippen LogP contribution in [0.15, 0.2) is 102 Å². The van der Waals surface area contributed by atoms with Crippen LogP contribution in [0.25, 0.3) is 0 Å². The average Bonchev–Trinajstić information content (AvgIpc) is 3.08. The van der Waals surface area contributed by atoms with Crippen LogP contribution in [-0.2, 0) is 32.6 Å². The second kappa shape index (κ2) is 15.6. The van der Waals surface area contributed by atoms with Crippen molar-refractivity contribution in [1.82, 2.24) is 10.2 Å². The maximum atomic E-state index is 15.2. The van der Waals surface area contributed by atoms with E-state index < -0.39 is 34.3 Å². The third-order valence-electron chi connectivity index (χ3n) is 9.19. The van der Waals surface area contributed by atoms with Gasteiger partial charge in [-0.1, -0.05) is 91.6 Å². The lowest BCUT2D eigenvalue weighted by Gasteiger charge is -2.35. The lowest BCUT2D eigenvalue weighted by atomic mass is 9.94. The molecule has 0 aliphatic heterocycles. The summed E-state index contributed by atoms with van der Waals surface area (Å²) in [5.41, 5.74) is 4.11. The Labute approximate surface area is 283 Å². The molecule has 5 rings (SSSR count). The van der Waals surface area contributed by atoms with Crippen molar-refractivity contribution < 1.29 is 22.4 Å². The average molecular weight is 670 g/mol. The van der Waals surface area contributed by atoms with Crippen LogP contribution >= 0.6 is 0 Å². The Morgan fingerprint density at radius 1 is 0.833 bits per heavy atom. The van der Waals surface area contributed by atoms with Gasteiger partial charge in [0.25, 0.3) is 10.0 Å². The van der Waals surface area contributed by atoms with Gasteiger partial charge in [0.1, 0.15) is 18.4 Å². The number of nitrogens with one attached hydrogen (secondary N) is 1. The van der Waals surface area contributed by atoms with Gasteiger partial charge in [-0.2, -0.15) is 0 Å². The summed E-state index contributed by atoms with van der Waals surface area (Å²) in [6.07, 6.45) is 5.00. The maximum absolute atomic E-state index is 15.2. The molecule has 2 amide bonds. The predicted octanol–water partition coefficient (Wildman–Crippen LogP) is 7.04. The second-order valence-electron chi connectivity index (χ2n) is 12.8. The fourth-order valence-electron chi connectivity index (χ4n) is 6.16. The van der Waals surface area contributed by atoms with Gasteiger partial charge in [-0.15, -0.1) is 0 Å². The Bertz CT molecular complexity index is 1820. The number of hydrogen-bond donors (Lipinski definition) is 1. The molecule has 4 aromatic rings. The van der Waals surface area contributed by atoms with Crippen LogP contribution in [0.4, 0.5) is 10.1 Å². The van der Waals surface area contributed by atoms with E-state index in [0.717, 1.165) is 58.7 Å². The molecule has 252 valence electrons. The Morgan fingerprint density at radius 2 is 1.50 bits per heavy atom. The van der Waals surface area contributed by atoms with Crippen LogP contribution in [-0.4, -0.2) is 43.8 Å². The molecular formula is C39H44FN3O4S. The van der Waals surface area contributed by atoms with Crippen molar-refractivity contribution >= 4 is 27.5 Å². The molecule has 0 spiro atoms. The molecule has 0 radical (unpaired) electrons. The van der Waals surface area contributed by atoms with E-state index in [1.807, 2.05) is 57.2 Å². The van der Waals surface area contributed by atoms with Gasteiger partial charge in [0, 0.05) is 24.6 Å². The number of nitrogens with zero attached hydrogens (tertiary/aromatic N) is 2. The molecule has 0 heterocycles. The monoisotopic (exact) mass is 669 g/mol. The molecule has 0 saturated heterocycles. The van der Waals surface area contributed by atoms with Crippen molar-refractivity contribution in [2.45, 2.75) is 82.8 Å². The van der Waals surface area contributed by atoms with Gasteiger partial charge in [0.15, 0.2) is 0 Å². The number of benzene rings is 4. The highest BCUT2D eigenvalue weighted by atomic mass is 32.2. The van der Waals surface area contributed by atoms with Gasteiger partial charge < -0.3 is 10.2 Å². The van der Waals surface area contributed by atoms with Gasteiger partial charge in [-0.3, -0.25) is 13.9 Å². The zero-order valence-electron chi connectivity index (χ0n) is 27.9. The lowest BCUT2D eigenvalue weighted by molar-refractivity contribution is -0.140. The van der Waals surface area contributed by atoms with E-state index in [-0.39, 0.29) is 35.4 Å². The number of sulfonamides is 1. The number of amides is 2. The summed E-state index contributed by atoms with van der Waals surface area (Å²) in [6.45, 7) is 4.88. The van der Waals surface area contributed by atoms with E-state index in [0.29, 0.717) is 5.69 Å². The van der Waals surface area contributed by atoms with Crippen molar-refractivity contribution in [2.75, 3.05) is 10.8 Å². The Balaban J connectivity index is 1.58. The topological polar surface area (TPSA) is 86.8 Å². The first-order chi connectivity index (χ1) is 23.0. The summed E-state index contributed by atoms with van der Waals surface area (Å²) in [4.78, 5) is 30.3. The summed E-state index contributed by atoms with van der Waals surface area (Å²) in [7, 11) is -4.23. The first-order valence-electron chi connectivity index (χ1n) is 16.6. The van der Waals surface area contributed by atoms with Crippen LogP contribution in [0.2, 0.25) is 0 Å². The van der Waals surface area contributed by atoms with Gasteiger partial charge in [0.05, 0.1) is 10.6 Å². The van der Waals surface area contributed by atoms with Gasteiger partial charge >= 0.3 is 0 Å². The van der Waals surface area contributed by atoms with Crippen LogP contribution in [0.1, 0.15) is 59.9 Å². The molecule has 1 aliphatic rings. The highest BCUT2D eigenvalue weighted by Crippen LogP contribution is 2.28. The van der Waals surface area contributed by atoms with E-state index in [4.69, 9.17) is 0 Å². The van der Waals surface area contributed by atoms with E-state index >= 15 is 4.39 Å². The van der Waals surface area contributed by atoms with Crippen molar-refractivity contribution in [2.24, 2.45) is 0 Å². The molecule has 1 atom stereocenters. The zero-order valence-corrected chi connectivity index (χ0v) is 28.7. The predicted molar refractivity (Wildman–Crippen MR) is 188 cm³/mol. The fraction of sp³-hybridized carbons (Fsp3) is 0.333. The van der Waals surface area contributed by atoms with Crippen LogP contribution in [0, 0.1) is 26.6 Å². The lowest BCUT2D eigenvalue weighted by Crippen LogP contribution is -2.55. The van der Waals surface area contributed by atoms with Gasteiger partial charge in [-0.25, -0.2) is 12.8 Å². The molecular weight excluding hydrogens is 626 g/mol. The minimum Gasteiger partial charge on any atom is -0.352 e. The summed E-state index contributed by atoms with van der Waals surface area (Å²) >= 11 is 0. The SMILES string of the molecule is Cc1ccc(S(=O)(=O)N(CC(=O)N(Cc2ccccc2F)[C@H](Cc2ccccc2)C(=O)NC2CCCCC2)c2ccc(C)c(C)c2)cc1. The Hall–Kier alpha value is -4.50. The van der Waals surface area contributed by atoms with Crippen LogP contribution in [0.3, 0.4) is 0 Å². The quantitative estimate of drug-likeness (QED) is 0.176. The van der Waals surface area contributed by atoms with Crippen LogP contribution < -0.4 is 9.62 Å². The smallest absolute Gasteiger partial charge is 0.264 e. The third-order valence-corrected chi connectivity index (χ3v) is 11.0. The van der Waals surface area contributed by atoms with Gasteiger partial charge in [0.2, 0.25) is 11.8 Å². The number of halogens is 1. The summed E-state index contributed by atoms with van der Waals surface area (Å²) < 4.78 is 44.9. The number of hydrogen-bond acceptors (Lipinski definition) is 4. The highest BCUT2D eigenvalue weighted by molar-refractivity contribution is 7.92.